The molecule has 0 bridgehead atoms. The maximum absolute atomic E-state index is 13.5. The number of rotatable bonds is 16. The quantitative estimate of drug-likeness (QED) is 0.0791. The fraction of sp³-hybridized carbons (Fsp3) is 0.536. The Kier molecular flexibility index (Phi) is 12.6. The second kappa shape index (κ2) is 15.6. The first-order chi connectivity index (χ1) is 19.3. The van der Waals surface area contributed by atoms with Crippen molar-refractivity contribution in [1.82, 2.24) is 20.9 Å². The average Bonchev–Trinajstić information content (AvgIpc) is 3.33. The molecule has 0 saturated carbocycles. The number of benzene rings is 1. The van der Waals surface area contributed by atoms with Crippen molar-refractivity contribution in [2.24, 2.45) is 34.0 Å². The molecule has 0 radical (unpaired) electrons. The summed E-state index contributed by atoms with van der Waals surface area (Å²) in [7, 11) is 0. The Morgan fingerprint density at radius 2 is 1.63 bits per heavy atom. The van der Waals surface area contributed by atoms with Gasteiger partial charge in [0.25, 0.3) is 0 Å². The van der Waals surface area contributed by atoms with Crippen molar-refractivity contribution >= 4 is 40.6 Å². The molecule has 1 heterocycles. The van der Waals surface area contributed by atoms with E-state index in [-0.39, 0.29) is 24.2 Å². The molecule has 0 spiro atoms. The van der Waals surface area contributed by atoms with Gasteiger partial charge in [-0.25, -0.2) is 4.79 Å². The molecule has 13 nitrogen and oxygen atoms in total. The van der Waals surface area contributed by atoms with E-state index in [0.29, 0.717) is 25.8 Å². The molecule has 1 aromatic heterocycles. The number of nitrogens with two attached hydrogens (primary N) is 3. The molecule has 2 aromatic rings. The lowest BCUT2D eigenvalue weighted by Crippen LogP contribution is -2.59. The highest BCUT2D eigenvalue weighted by Crippen LogP contribution is 2.20. The number of carboxylic acid groups (broad SMARTS) is 1. The van der Waals surface area contributed by atoms with Gasteiger partial charge in [-0.3, -0.25) is 19.4 Å². The Bertz CT molecular complexity index is 1220. The van der Waals surface area contributed by atoms with Gasteiger partial charge in [0.1, 0.15) is 18.1 Å². The number of aliphatic carboxylic acids is 1. The first-order valence-electron chi connectivity index (χ1n) is 13.9. The fourth-order valence-electron chi connectivity index (χ4n) is 4.37. The number of carbonyl (C=O) groups is 4. The first-order valence-corrected chi connectivity index (χ1v) is 13.9. The van der Waals surface area contributed by atoms with E-state index in [1.807, 2.05) is 31.2 Å². The van der Waals surface area contributed by atoms with E-state index in [0.717, 1.165) is 16.5 Å². The normalized spacial score (nSPS) is 14.9. The molecule has 13 heteroatoms. The lowest BCUT2D eigenvalue weighted by molar-refractivity contribution is -0.143. The van der Waals surface area contributed by atoms with E-state index in [2.05, 4.69) is 25.9 Å². The van der Waals surface area contributed by atoms with Crippen LogP contribution in [0.15, 0.2) is 35.5 Å². The van der Waals surface area contributed by atoms with E-state index in [1.54, 1.807) is 27.0 Å². The molecule has 5 unspecified atom stereocenters. The Balaban J connectivity index is 2.24. The molecule has 11 N–H and O–H groups in total. The van der Waals surface area contributed by atoms with Crippen LogP contribution in [-0.2, 0) is 25.6 Å². The maximum atomic E-state index is 13.5. The van der Waals surface area contributed by atoms with Gasteiger partial charge >= 0.3 is 5.97 Å². The van der Waals surface area contributed by atoms with Gasteiger partial charge in [0.05, 0.1) is 6.04 Å². The summed E-state index contributed by atoms with van der Waals surface area (Å²) < 4.78 is 0. The zero-order chi connectivity index (χ0) is 30.7. The van der Waals surface area contributed by atoms with Crippen LogP contribution in [0.25, 0.3) is 10.9 Å². The molecule has 0 aliphatic heterocycles. The van der Waals surface area contributed by atoms with E-state index in [9.17, 15) is 24.3 Å². The third-order valence-corrected chi connectivity index (χ3v) is 7.06. The zero-order valence-electron chi connectivity index (χ0n) is 24.1. The van der Waals surface area contributed by atoms with Crippen molar-refractivity contribution < 1.29 is 24.3 Å². The third-order valence-electron chi connectivity index (χ3n) is 7.06. The largest absolute Gasteiger partial charge is 0.480 e. The summed E-state index contributed by atoms with van der Waals surface area (Å²) in [5.41, 5.74) is 18.3. The standard InChI is InChI=1S/C28H44N8O5/c1-5-16(4)23(27(40)41)36-25(38)21(13-17-14-33-20-11-7-6-9-18(17)20)34-26(39)22(15(2)3)35-24(37)19(29)10-8-12-32-28(30)31/h6-7,9,11,14-16,19,21-23,33H,5,8,10,12-13,29H2,1-4H3,(H,34,39)(H,35,37)(H,36,38)(H,40,41)(H4,30,31,32). The number of aliphatic imine (C=N–C) groups is 1. The summed E-state index contributed by atoms with van der Waals surface area (Å²) in [6.45, 7) is 7.40. The van der Waals surface area contributed by atoms with Gasteiger partial charge in [0, 0.05) is 30.1 Å². The first kappa shape index (κ1) is 33.1. The summed E-state index contributed by atoms with van der Waals surface area (Å²) in [5, 5.41) is 18.6. The SMILES string of the molecule is CCC(C)C(NC(=O)C(Cc1c[nH]c2ccccc12)NC(=O)C(NC(=O)C(N)CCCN=C(N)N)C(C)C)C(=O)O. The number of amides is 3. The number of aromatic nitrogens is 1. The van der Waals surface area contributed by atoms with Crippen LogP contribution in [0.5, 0.6) is 0 Å². The lowest BCUT2D eigenvalue weighted by Gasteiger charge is -2.28. The smallest absolute Gasteiger partial charge is 0.326 e. The van der Waals surface area contributed by atoms with Crippen LogP contribution in [0, 0.1) is 11.8 Å². The molecule has 41 heavy (non-hydrogen) atoms. The number of para-hydroxylation sites is 1. The summed E-state index contributed by atoms with van der Waals surface area (Å²) in [5.74, 6) is -3.63. The highest BCUT2D eigenvalue weighted by atomic mass is 16.4. The number of nitrogens with zero attached hydrogens (tertiary/aromatic N) is 1. The topological polar surface area (TPSA) is 231 Å². The van der Waals surface area contributed by atoms with Crippen LogP contribution < -0.4 is 33.2 Å². The van der Waals surface area contributed by atoms with Crippen LogP contribution >= 0.6 is 0 Å². The average molecular weight is 573 g/mol. The molecular formula is C28H44N8O5. The molecule has 0 aliphatic rings. The van der Waals surface area contributed by atoms with Gasteiger partial charge in [-0.1, -0.05) is 52.3 Å². The van der Waals surface area contributed by atoms with Gasteiger partial charge in [0.15, 0.2) is 5.96 Å². The summed E-state index contributed by atoms with van der Waals surface area (Å²) >= 11 is 0. The number of hydrogen-bond donors (Lipinski definition) is 8. The van der Waals surface area contributed by atoms with E-state index >= 15 is 0 Å². The van der Waals surface area contributed by atoms with Crippen LogP contribution in [0.2, 0.25) is 0 Å². The highest BCUT2D eigenvalue weighted by molar-refractivity contribution is 5.95. The number of fused-ring (bicyclic) bond motifs is 1. The molecule has 0 aliphatic carbocycles. The van der Waals surface area contributed by atoms with Gasteiger partial charge in [-0.2, -0.15) is 0 Å². The number of carbonyl (C=O) groups excluding carboxylic acids is 3. The molecular weight excluding hydrogens is 528 g/mol. The highest BCUT2D eigenvalue weighted by Gasteiger charge is 2.33. The van der Waals surface area contributed by atoms with Crippen molar-refractivity contribution in [3.8, 4) is 0 Å². The van der Waals surface area contributed by atoms with Crippen LogP contribution in [0.1, 0.15) is 52.5 Å². The van der Waals surface area contributed by atoms with E-state index in [4.69, 9.17) is 17.2 Å². The lowest BCUT2D eigenvalue weighted by atomic mass is 9.97. The minimum Gasteiger partial charge on any atom is -0.480 e. The van der Waals surface area contributed by atoms with Crippen LogP contribution in [-0.4, -0.2) is 70.5 Å². The monoisotopic (exact) mass is 572 g/mol. The number of nitrogens with one attached hydrogen (secondary N) is 4. The van der Waals surface area contributed by atoms with E-state index in [1.165, 1.54) is 0 Å². The molecule has 2 rings (SSSR count). The molecule has 1 aromatic carbocycles. The van der Waals surface area contributed by atoms with Crippen molar-refractivity contribution in [2.75, 3.05) is 6.54 Å². The molecule has 0 fully saturated rings. The van der Waals surface area contributed by atoms with E-state index < -0.39 is 47.9 Å². The third kappa shape index (κ3) is 9.78. The van der Waals surface area contributed by atoms with Crippen molar-refractivity contribution in [3.05, 3.63) is 36.0 Å². The number of guanidine groups is 1. The minimum absolute atomic E-state index is 0.0513. The zero-order valence-corrected chi connectivity index (χ0v) is 24.1. The maximum Gasteiger partial charge on any atom is 0.326 e. The van der Waals surface area contributed by atoms with Crippen molar-refractivity contribution in [1.29, 1.82) is 0 Å². The van der Waals surface area contributed by atoms with Gasteiger partial charge in [-0.05, 0) is 36.3 Å². The Morgan fingerprint density at radius 3 is 2.24 bits per heavy atom. The molecule has 226 valence electrons. The summed E-state index contributed by atoms with van der Waals surface area (Å²) in [6, 6.07) is 3.39. The van der Waals surface area contributed by atoms with Gasteiger partial charge in [-0.15, -0.1) is 0 Å². The number of carboxylic acids is 1. The molecule has 0 saturated heterocycles. The number of H-pyrrole nitrogens is 1. The van der Waals surface area contributed by atoms with Gasteiger partial charge in [0.2, 0.25) is 17.7 Å². The van der Waals surface area contributed by atoms with Crippen molar-refractivity contribution in [3.63, 3.8) is 0 Å². The Morgan fingerprint density at radius 1 is 0.976 bits per heavy atom. The molecule has 5 atom stereocenters. The second-order valence-electron chi connectivity index (χ2n) is 10.6. The van der Waals surface area contributed by atoms with Crippen molar-refractivity contribution in [2.45, 2.75) is 77.5 Å². The number of aromatic amines is 1. The van der Waals surface area contributed by atoms with Crippen LogP contribution in [0.3, 0.4) is 0 Å². The second-order valence-corrected chi connectivity index (χ2v) is 10.6. The fourth-order valence-corrected chi connectivity index (χ4v) is 4.37. The predicted octanol–water partition coefficient (Wildman–Crippen LogP) is 0.332. The summed E-state index contributed by atoms with van der Waals surface area (Å²) in [6.07, 6.45) is 3.15. The molecule has 3 amide bonds. The number of hydrogen-bond acceptors (Lipinski definition) is 6. The minimum atomic E-state index is -1.16. The van der Waals surface area contributed by atoms with Crippen LogP contribution in [0.4, 0.5) is 0 Å². The summed E-state index contributed by atoms with van der Waals surface area (Å²) in [4.78, 5) is 58.6. The Hall–Kier alpha value is -4.13. The van der Waals surface area contributed by atoms with Gasteiger partial charge < -0.3 is 43.2 Å². The predicted molar refractivity (Wildman–Crippen MR) is 158 cm³/mol. The Labute approximate surface area is 240 Å².